The number of rotatable bonds is 6. The van der Waals surface area contributed by atoms with Gasteiger partial charge in [-0.25, -0.2) is 4.98 Å². The number of ether oxygens (including phenoxy) is 2. The van der Waals surface area contributed by atoms with Gasteiger partial charge in [0.25, 0.3) is 5.56 Å². The molecule has 148 valence electrons. The highest BCUT2D eigenvalue weighted by Gasteiger charge is 2.11. The van der Waals surface area contributed by atoms with Crippen molar-refractivity contribution in [3.63, 3.8) is 0 Å². The van der Waals surface area contributed by atoms with Gasteiger partial charge in [0.15, 0.2) is 17.3 Å². The molecule has 29 heavy (non-hydrogen) atoms. The van der Waals surface area contributed by atoms with E-state index in [1.54, 1.807) is 14.2 Å². The average Bonchev–Trinajstić information content (AvgIpc) is 3.26. The Balaban J connectivity index is 1.54. The minimum Gasteiger partial charge on any atom is -0.493 e. The predicted molar refractivity (Wildman–Crippen MR) is 117 cm³/mol. The minimum atomic E-state index is -0.141. The molecular weight excluding hydrogens is 454 g/mol. The van der Waals surface area contributed by atoms with Crippen molar-refractivity contribution in [1.82, 2.24) is 14.6 Å². The highest BCUT2D eigenvalue weighted by atomic mass is 79.9. The largest absolute Gasteiger partial charge is 0.493 e. The first-order valence-electron chi connectivity index (χ1n) is 8.94. The second-order valence-electron chi connectivity index (χ2n) is 6.38. The molecule has 4 aromatic rings. The molecule has 0 unspecified atom stereocenters. The molecule has 4 rings (SSSR count). The monoisotopic (exact) mass is 471 g/mol. The molecule has 0 spiro atoms. The molecule has 0 N–H and O–H groups in total. The lowest BCUT2D eigenvalue weighted by atomic mass is 10.1. The van der Waals surface area contributed by atoms with Gasteiger partial charge < -0.3 is 9.47 Å². The highest BCUT2D eigenvalue weighted by Crippen LogP contribution is 2.27. The normalized spacial score (nSPS) is 11.9. The van der Waals surface area contributed by atoms with Crippen LogP contribution in [0.15, 0.2) is 51.7 Å². The lowest BCUT2D eigenvalue weighted by Gasteiger charge is -2.08. The van der Waals surface area contributed by atoms with Crippen LogP contribution in [0, 0.1) is 0 Å². The maximum Gasteiger partial charge on any atom is 0.291 e. The van der Waals surface area contributed by atoms with Gasteiger partial charge in [0.1, 0.15) is 0 Å². The summed E-state index contributed by atoms with van der Waals surface area (Å²) in [4.78, 5) is 17.8. The van der Waals surface area contributed by atoms with E-state index in [4.69, 9.17) is 9.47 Å². The summed E-state index contributed by atoms with van der Waals surface area (Å²) >= 11 is 4.76. The summed E-state index contributed by atoms with van der Waals surface area (Å²) in [6.45, 7) is 0. The van der Waals surface area contributed by atoms with Crippen LogP contribution < -0.4 is 19.6 Å². The third-order valence-electron chi connectivity index (χ3n) is 4.48. The fraction of sp³-hybridized carbons (Fsp3) is 0.190. The lowest BCUT2D eigenvalue weighted by molar-refractivity contribution is 0.354. The fourth-order valence-electron chi connectivity index (χ4n) is 2.98. The molecule has 0 aliphatic rings. The Morgan fingerprint density at radius 2 is 1.83 bits per heavy atom. The SMILES string of the molecule is COc1ccc(CCc2nc3s/c(=C\c4ccc(Br)cc4)c(=O)n3n2)cc1OC. The van der Waals surface area contributed by atoms with E-state index in [9.17, 15) is 4.79 Å². The van der Waals surface area contributed by atoms with E-state index in [-0.39, 0.29) is 5.56 Å². The molecule has 2 heterocycles. The molecule has 2 aromatic heterocycles. The molecule has 6 nitrogen and oxygen atoms in total. The zero-order chi connectivity index (χ0) is 20.4. The zero-order valence-corrected chi connectivity index (χ0v) is 18.3. The first-order chi connectivity index (χ1) is 14.1. The van der Waals surface area contributed by atoms with Crippen molar-refractivity contribution in [2.24, 2.45) is 0 Å². The van der Waals surface area contributed by atoms with E-state index < -0.39 is 0 Å². The maximum absolute atomic E-state index is 12.6. The lowest BCUT2D eigenvalue weighted by Crippen LogP contribution is -2.23. The second kappa shape index (κ2) is 8.34. The maximum atomic E-state index is 12.6. The second-order valence-corrected chi connectivity index (χ2v) is 8.30. The van der Waals surface area contributed by atoms with Crippen molar-refractivity contribution in [1.29, 1.82) is 0 Å². The molecule has 0 radical (unpaired) electrons. The van der Waals surface area contributed by atoms with Crippen molar-refractivity contribution < 1.29 is 9.47 Å². The predicted octanol–water partition coefficient (Wildman–Crippen LogP) is 3.26. The number of halogens is 1. The molecule has 0 saturated heterocycles. The Hall–Kier alpha value is -2.71. The number of aromatic nitrogens is 3. The molecule has 0 atom stereocenters. The third kappa shape index (κ3) is 4.18. The van der Waals surface area contributed by atoms with E-state index in [0.29, 0.717) is 33.2 Å². The number of hydrogen-bond donors (Lipinski definition) is 0. The van der Waals surface area contributed by atoms with Gasteiger partial charge in [-0.15, -0.1) is 5.10 Å². The Morgan fingerprint density at radius 1 is 1.07 bits per heavy atom. The fourth-order valence-corrected chi connectivity index (χ4v) is 4.17. The van der Waals surface area contributed by atoms with Crippen LogP contribution in [0.2, 0.25) is 0 Å². The van der Waals surface area contributed by atoms with Crippen LogP contribution in [0.1, 0.15) is 17.0 Å². The highest BCUT2D eigenvalue weighted by molar-refractivity contribution is 9.10. The first-order valence-corrected chi connectivity index (χ1v) is 10.5. The number of thiazole rings is 1. The summed E-state index contributed by atoms with van der Waals surface area (Å²) in [5.41, 5.74) is 1.91. The molecule has 0 amide bonds. The van der Waals surface area contributed by atoms with Crippen molar-refractivity contribution in [3.05, 3.63) is 78.8 Å². The molecule has 0 bridgehead atoms. The number of nitrogens with zero attached hydrogens (tertiary/aromatic N) is 3. The van der Waals surface area contributed by atoms with Crippen molar-refractivity contribution >= 4 is 38.3 Å². The summed E-state index contributed by atoms with van der Waals surface area (Å²) in [6.07, 6.45) is 3.23. The van der Waals surface area contributed by atoms with Crippen molar-refractivity contribution in [2.75, 3.05) is 14.2 Å². The summed E-state index contributed by atoms with van der Waals surface area (Å²) in [6, 6.07) is 13.6. The van der Waals surface area contributed by atoms with Gasteiger partial charge in [-0.05, 0) is 47.9 Å². The minimum absolute atomic E-state index is 0.141. The van der Waals surface area contributed by atoms with E-state index in [2.05, 4.69) is 26.0 Å². The van der Waals surface area contributed by atoms with Crippen LogP contribution in [0.5, 0.6) is 11.5 Å². The molecular formula is C21H18BrN3O3S. The Morgan fingerprint density at radius 3 is 2.52 bits per heavy atom. The number of benzene rings is 2. The van der Waals surface area contributed by atoms with Crippen molar-refractivity contribution in [2.45, 2.75) is 12.8 Å². The van der Waals surface area contributed by atoms with Gasteiger partial charge in [-0.3, -0.25) is 4.79 Å². The van der Waals surface area contributed by atoms with Gasteiger partial charge in [-0.1, -0.05) is 45.5 Å². The van der Waals surface area contributed by atoms with Gasteiger partial charge in [0, 0.05) is 10.9 Å². The van der Waals surface area contributed by atoms with Crippen LogP contribution in [-0.4, -0.2) is 28.8 Å². The smallest absolute Gasteiger partial charge is 0.291 e. The van der Waals surface area contributed by atoms with E-state index in [1.165, 1.54) is 15.9 Å². The molecule has 0 fully saturated rings. The topological polar surface area (TPSA) is 65.7 Å². The molecule has 0 saturated carbocycles. The van der Waals surface area contributed by atoms with Crippen LogP contribution >= 0.6 is 27.3 Å². The molecule has 8 heteroatoms. The van der Waals surface area contributed by atoms with E-state index in [0.717, 1.165) is 22.0 Å². The molecule has 2 aromatic carbocycles. The Bertz CT molecular complexity index is 1270. The third-order valence-corrected chi connectivity index (χ3v) is 5.97. The standard InChI is InChI=1S/C21H18BrN3O3S/c1-27-16-9-5-13(11-17(16)28-2)6-10-19-23-21-25(24-19)20(26)18(29-21)12-14-3-7-15(22)8-4-14/h3-5,7-9,11-12H,6,10H2,1-2H3/b18-12-. The van der Waals surface area contributed by atoms with Crippen molar-refractivity contribution in [3.8, 4) is 11.5 Å². The van der Waals surface area contributed by atoms with Crippen LogP contribution in [-0.2, 0) is 12.8 Å². The summed E-state index contributed by atoms with van der Waals surface area (Å²) in [7, 11) is 3.23. The Kier molecular flexibility index (Phi) is 5.64. The summed E-state index contributed by atoms with van der Waals surface area (Å²) < 4.78 is 13.6. The number of methoxy groups -OCH3 is 2. The van der Waals surface area contributed by atoms with Gasteiger partial charge >= 0.3 is 0 Å². The van der Waals surface area contributed by atoms with Crippen LogP contribution in [0.25, 0.3) is 11.0 Å². The van der Waals surface area contributed by atoms with Gasteiger partial charge in [0.2, 0.25) is 4.96 Å². The quantitative estimate of drug-likeness (QED) is 0.431. The summed E-state index contributed by atoms with van der Waals surface area (Å²) in [5.74, 6) is 2.04. The molecule has 0 aliphatic carbocycles. The molecule has 0 aliphatic heterocycles. The average molecular weight is 472 g/mol. The number of fused-ring (bicyclic) bond motifs is 1. The van der Waals surface area contributed by atoms with E-state index >= 15 is 0 Å². The number of aryl methyl sites for hydroxylation is 2. The number of hydrogen-bond acceptors (Lipinski definition) is 6. The van der Waals surface area contributed by atoms with Crippen LogP contribution in [0.3, 0.4) is 0 Å². The zero-order valence-electron chi connectivity index (χ0n) is 15.9. The van der Waals surface area contributed by atoms with Crippen LogP contribution in [0.4, 0.5) is 0 Å². The van der Waals surface area contributed by atoms with E-state index in [1.807, 2.05) is 48.5 Å². The Labute approximate surface area is 179 Å². The van der Waals surface area contributed by atoms with Gasteiger partial charge in [0.05, 0.1) is 18.8 Å². The van der Waals surface area contributed by atoms with Gasteiger partial charge in [-0.2, -0.15) is 4.52 Å². The summed E-state index contributed by atoms with van der Waals surface area (Å²) in [5, 5.41) is 4.40. The first kappa shape index (κ1) is 19.6.